The fourth-order valence-electron chi connectivity index (χ4n) is 4.00. The summed E-state index contributed by atoms with van der Waals surface area (Å²) in [6, 6.07) is 24.7. The number of ether oxygens (including phenoxy) is 1. The van der Waals surface area contributed by atoms with Gasteiger partial charge in [0.15, 0.2) is 0 Å². The molecule has 6 nitrogen and oxygen atoms in total. The third kappa shape index (κ3) is 8.99. The Morgan fingerprint density at radius 1 is 0.953 bits per heavy atom. The van der Waals surface area contributed by atoms with Crippen LogP contribution in [0.4, 0.5) is 5.69 Å². The van der Waals surface area contributed by atoms with Crippen LogP contribution in [-0.2, 0) is 11.3 Å². The van der Waals surface area contributed by atoms with Gasteiger partial charge in [0.05, 0.1) is 23.6 Å². The van der Waals surface area contributed by atoms with E-state index in [4.69, 9.17) is 9.73 Å². The van der Waals surface area contributed by atoms with Gasteiger partial charge in [0, 0.05) is 45.4 Å². The molecule has 1 aliphatic heterocycles. The number of aliphatic imine (C=N–C) groups is 1. The molecule has 0 saturated carbocycles. The van der Waals surface area contributed by atoms with Crippen LogP contribution in [0, 0.1) is 0 Å². The van der Waals surface area contributed by atoms with Crippen molar-refractivity contribution in [2.75, 3.05) is 6.61 Å². The van der Waals surface area contributed by atoms with E-state index in [1.54, 1.807) is 49.3 Å². The van der Waals surface area contributed by atoms with Gasteiger partial charge >= 0.3 is 5.97 Å². The molecule has 0 aliphatic carbocycles. The zero-order valence-electron chi connectivity index (χ0n) is 24.5. The van der Waals surface area contributed by atoms with E-state index in [-0.39, 0.29) is 11.9 Å². The van der Waals surface area contributed by atoms with Gasteiger partial charge in [-0.1, -0.05) is 73.0 Å². The van der Waals surface area contributed by atoms with Crippen molar-refractivity contribution in [3.05, 3.63) is 157 Å². The van der Waals surface area contributed by atoms with Crippen molar-refractivity contribution in [1.82, 2.24) is 10.3 Å². The SMILES string of the molecule is C=C.C=C/C=C\C.CCOC(=O)c1ccc(C2=Nc3cc(C(=O)NCc4cccnc4)ccc3Sc3ccccc32)cc1. The van der Waals surface area contributed by atoms with E-state index in [9.17, 15) is 9.59 Å². The standard InChI is InChI=1S/C29H23N3O3S.C5H8.C2H4/c1-2-35-29(34)21-11-9-20(10-12-21)27-23-7-3-4-8-25(23)36-26-14-13-22(16-24(26)32-27)28(33)31-18-19-6-5-15-30-17-19;1-3-5-4-2;1-2/h3-17H,2,18H2,1H3,(H,31,33);3-5H,1H2,2H3;1-2H2/b;5-4-;. The molecular weight excluding hydrogens is 554 g/mol. The number of carbonyl (C=O) groups is 2. The van der Waals surface area contributed by atoms with Crippen LogP contribution in [0.2, 0.25) is 0 Å². The lowest BCUT2D eigenvalue weighted by molar-refractivity contribution is 0.0526. The topological polar surface area (TPSA) is 80.6 Å². The average Bonchev–Trinajstić information content (AvgIpc) is 3.22. The summed E-state index contributed by atoms with van der Waals surface area (Å²) in [5.41, 5.74) is 5.31. The average molecular weight is 590 g/mol. The molecule has 3 aromatic carbocycles. The van der Waals surface area contributed by atoms with E-state index >= 15 is 0 Å². The minimum Gasteiger partial charge on any atom is -0.462 e. The molecule has 1 aliphatic rings. The van der Waals surface area contributed by atoms with Crippen LogP contribution < -0.4 is 5.32 Å². The highest BCUT2D eigenvalue weighted by atomic mass is 32.2. The summed E-state index contributed by atoms with van der Waals surface area (Å²) in [6.07, 6.45) is 9.01. The van der Waals surface area contributed by atoms with E-state index in [0.29, 0.717) is 24.3 Å². The van der Waals surface area contributed by atoms with Crippen LogP contribution in [0.15, 0.2) is 144 Å². The fraction of sp³-hybridized carbons (Fsp3) is 0.111. The van der Waals surface area contributed by atoms with Crippen LogP contribution in [-0.4, -0.2) is 29.2 Å². The number of nitrogens with one attached hydrogen (secondary N) is 1. The number of aromatic nitrogens is 1. The highest BCUT2D eigenvalue weighted by molar-refractivity contribution is 7.99. The van der Waals surface area contributed by atoms with Gasteiger partial charge < -0.3 is 10.1 Å². The lowest BCUT2D eigenvalue weighted by Gasteiger charge is -2.10. The molecule has 0 unspecified atom stereocenters. The second kappa shape index (κ2) is 17.1. The van der Waals surface area contributed by atoms with Crippen LogP contribution in [0.5, 0.6) is 0 Å². The molecule has 1 amide bonds. The van der Waals surface area contributed by atoms with Gasteiger partial charge in [-0.2, -0.15) is 0 Å². The van der Waals surface area contributed by atoms with E-state index in [2.05, 4.69) is 36.1 Å². The second-order valence-corrected chi connectivity index (χ2v) is 9.93. The zero-order valence-corrected chi connectivity index (χ0v) is 25.3. The predicted octanol–water partition coefficient (Wildman–Crippen LogP) is 8.37. The van der Waals surface area contributed by atoms with Crippen LogP contribution in [0.3, 0.4) is 0 Å². The second-order valence-electron chi connectivity index (χ2n) is 8.84. The number of hydrogen-bond donors (Lipinski definition) is 1. The Hall–Kier alpha value is -5.01. The summed E-state index contributed by atoms with van der Waals surface area (Å²) < 4.78 is 5.11. The Bertz CT molecular complexity index is 1600. The molecule has 0 spiro atoms. The number of hydrogen-bond acceptors (Lipinski definition) is 6. The number of allylic oxidation sites excluding steroid dienone is 3. The van der Waals surface area contributed by atoms with Crippen LogP contribution in [0.25, 0.3) is 0 Å². The lowest BCUT2D eigenvalue weighted by Crippen LogP contribution is -2.22. The largest absolute Gasteiger partial charge is 0.462 e. The molecule has 1 N–H and O–H groups in total. The molecule has 1 aromatic heterocycles. The zero-order chi connectivity index (χ0) is 31.0. The number of amides is 1. The summed E-state index contributed by atoms with van der Waals surface area (Å²) in [5, 5.41) is 2.95. The number of benzene rings is 3. The van der Waals surface area contributed by atoms with Crippen molar-refractivity contribution < 1.29 is 14.3 Å². The molecule has 0 fully saturated rings. The summed E-state index contributed by atoms with van der Waals surface area (Å²) in [5.74, 6) is -0.529. The third-order valence-electron chi connectivity index (χ3n) is 5.99. The molecule has 4 aromatic rings. The summed E-state index contributed by atoms with van der Waals surface area (Å²) >= 11 is 1.62. The number of carbonyl (C=O) groups excluding carboxylic acids is 2. The van der Waals surface area contributed by atoms with Crippen molar-refractivity contribution in [3.63, 3.8) is 0 Å². The van der Waals surface area contributed by atoms with Gasteiger partial charge in [-0.15, -0.1) is 13.2 Å². The molecule has 0 atom stereocenters. The van der Waals surface area contributed by atoms with Crippen LogP contribution >= 0.6 is 11.8 Å². The Morgan fingerprint density at radius 3 is 2.35 bits per heavy atom. The number of fused-ring (bicyclic) bond motifs is 2. The Balaban J connectivity index is 0.000000657. The summed E-state index contributed by atoms with van der Waals surface area (Å²) in [6.45, 7) is 13.9. The van der Waals surface area contributed by atoms with Crippen molar-refractivity contribution in [2.24, 2.45) is 4.99 Å². The molecule has 43 heavy (non-hydrogen) atoms. The van der Waals surface area contributed by atoms with Crippen molar-refractivity contribution in [3.8, 4) is 0 Å². The van der Waals surface area contributed by atoms with Gasteiger partial charge in [-0.3, -0.25) is 9.78 Å². The maximum Gasteiger partial charge on any atom is 0.338 e. The Morgan fingerprint density at radius 2 is 1.70 bits per heavy atom. The Labute approximate surface area is 258 Å². The van der Waals surface area contributed by atoms with Crippen molar-refractivity contribution in [1.29, 1.82) is 0 Å². The first-order valence-corrected chi connectivity index (χ1v) is 14.5. The quantitative estimate of drug-likeness (QED) is 0.117. The van der Waals surface area contributed by atoms with E-state index < -0.39 is 0 Å². The number of pyridine rings is 1. The third-order valence-corrected chi connectivity index (χ3v) is 7.13. The van der Waals surface area contributed by atoms with E-state index in [1.165, 1.54) is 0 Å². The first-order valence-electron chi connectivity index (χ1n) is 13.7. The van der Waals surface area contributed by atoms with Crippen molar-refractivity contribution >= 4 is 35.0 Å². The van der Waals surface area contributed by atoms with Crippen LogP contribution in [0.1, 0.15) is 51.3 Å². The minimum absolute atomic E-state index is 0.177. The molecule has 2 heterocycles. The maximum atomic E-state index is 12.9. The smallest absolute Gasteiger partial charge is 0.338 e. The maximum absolute atomic E-state index is 12.9. The predicted molar refractivity (Wildman–Crippen MR) is 176 cm³/mol. The normalized spacial score (nSPS) is 11.2. The van der Waals surface area contributed by atoms with Gasteiger partial charge in [0.1, 0.15) is 0 Å². The molecule has 0 radical (unpaired) electrons. The van der Waals surface area contributed by atoms with Crippen molar-refractivity contribution in [2.45, 2.75) is 30.2 Å². The minimum atomic E-state index is -0.352. The van der Waals surface area contributed by atoms with Gasteiger partial charge in [0.25, 0.3) is 5.91 Å². The first kappa shape index (κ1) is 32.5. The highest BCUT2D eigenvalue weighted by Gasteiger charge is 2.20. The molecular formula is C36H35N3O3S. The molecule has 5 rings (SSSR count). The summed E-state index contributed by atoms with van der Waals surface area (Å²) in [7, 11) is 0. The number of nitrogens with zero attached hydrogens (tertiary/aromatic N) is 2. The molecule has 218 valence electrons. The highest BCUT2D eigenvalue weighted by Crippen LogP contribution is 2.41. The van der Waals surface area contributed by atoms with E-state index in [0.717, 1.165) is 37.9 Å². The summed E-state index contributed by atoms with van der Waals surface area (Å²) in [4.78, 5) is 36.1. The number of rotatable bonds is 7. The molecule has 7 heteroatoms. The van der Waals surface area contributed by atoms with Gasteiger partial charge in [0.2, 0.25) is 0 Å². The number of esters is 1. The van der Waals surface area contributed by atoms with Gasteiger partial charge in [-0.05, 0) is 61.9 Å². The first-order chi connectivity index (χ1) is 21.0. The molecule has 0 saturated heterocycles. The fourth-order valence-corrected chi connectivity index (χ4v) is 5.01. The monoisotopic (exact) mass is 589 g/mol. The molecule has 0 bridgehead atoms. The Kier molecular flexibility index (Phi) is 12.9. The lowest BCUT2D eigenvalue weighted by atomic mass is 10.0. The van der Waals surface area contributed by atoms with E-state index in [1.807, 2.05) is 79.7 Å². The van der Waals surface area contributed by atoms with Gasteiger partial charge in [-0.25, -0.2) is 9.79 Å².